The Kier molecular flexibility index (Phi) is 9.93. The van der Waals surface area contributed by atoms with Crippen molar-refractivity contribution in [1.82, 2.24) is 10.3 Å². The first-order chi connectivity index (χ1) is 14.5. The van der Waals surface area contributed by atoms with E-state index in [0.29, 0.717) is 5.69 Å². The Morgan fingerprint density at radius 1 is 1.43 bits per heavy atom. The van der Waals surface area contributed by atoms with E-state index in [1.165, 1.54) is 12.8 Å². The fraction of sp³-hybridized carbons (Fsp3) is 0.560. The predicted octanol–water partition coefficient (Wildman–Crippen LogP) is 5.26. The van der Waals surface area contributed by atoms with Crippen LogP contribution in [0.25, 0.3) is 0 Å². The van der Waals surface area contributed by atoms with Crippen LogP contribution in [-0.4, -0.2) is 30.0 Å². The number of hydrogen-bond donors (Lipinski definition) is 1. The smallest absolute Gasteiger partial charge is 0.143 e. The Labute approximate surface area is 182 Å². The summed E-state index contributed by atoms with van der Waals surface area (Å²) in [7, 11) is 0. The third-order valence-electron chi connectivity index (χ3n) is 5.81. The van der Waals surface area contributed by atoms with Gasteiger partial charge in [-0.15, -0.1) is 0 Å². The fourth-order valence-electron chi connectivity index (χ4n) is 3.88. The molecule has 0 amide bonds. The lowest BCUT2D eigenvalue weighted by Crippen LogP contribution is -2.26. The number of aryl methyl sites for hydroxylation is 1. The monoisotopic (exact) mass is 408 g/mol. The van der Waals surface area contributed by atoms with E-state index in [1.807, 2.05) is 38.3 Å². The molecule has 1 N–H and O–H groups in total. The standard InChI is InChI=1S/C25H36N4O/c1-5-6-13-28-21(3)23(10-15-30-25(4)11-7-8-12-25)9-14-27-18-22-16-20(2)24(17-26)29-19-22/h5-6,13,16,19,23,27H,3,7-12,14-15,18H2,1-2,4H3/b6-5-,28-13?/t23-/m1/s1. The number of pyridine rings is 1. The third-order valence-corrected chi connectivity index (χ3v) is 5.81. The second-order valence-electron chi connectivity index (χ2n) is 8.37. The van der Waals surface area contributed by atoms with Crippen molar-refractivity contribution < 1.29 is 4.74 Å². The van der Waals surface area contributed by atoms with Crippen molar-refractivity contribution in [1.29, 1.82) is 5.26 Å². The minimum Gasteiger partial charge on any atom is -0.375 e. The minimum atomic E-state index is 0.0544. The van der Waals surface area contributed by atoms with Gasteiger partial charge in [0.05, 0.1) is 5.60 Å². The zero-order chi connectivity index (χ0) is 21.8. The molecule has 0 radical (unpaired) electrons. The van der Waals surface area contributed by atoms with Gasteiger partial charge in [0.15, 0.2) is 0 Å². The number of nitrogens with one attached hydrogen (secondary N) is 1. The molecule has 5 nitrogen and oxygen atoms in total. The van der Waals surface area contributed by atoms with Crippen molar-refractivity contribution in [3.8, 4) is 6.07 Å². The normalized spacial score (nSPS) is 16.9. The molecule has 1 heterocycles. The molecule has 1 fully saturated rings. The van der Waals surface area contributed by atoms with Crippen LogP contribution in [0.1, 0.15) is 69.2 Å². The maximum Gasteiger partial charge on any atom is 0.143 e. The lowest BCUT2D eigenvalue weighted by Gasteiger charge is -2.26. The highest BCUT2D eigenvalue weighted by atomic mass is 16.5. The van der Waals surface area contributed by atoms with Crippen molar-refractivity contribution in [2.45, 2.75) is 71.4 Å². The van der Waals surface area contributed by atoms with Crippen LogP contribution in [0.4, 0.5) is 0 Å². The van der Waals surface area contributed by atoms with Crippen LogP contribution >= 0.6 is 0 Å². The summed E-state index contributed by atoms with van der Waals surface area (Å²) in [6.07, 6.45) is 14.2. The molecule has 0 aliphatic heterocycles. The highest BCUT2D eigenvalue weighted by Gasteiger charge is 2.29. The van der Waals surface area contributed by atoms with E-state index in [1.54, 1.807) is 6.20 Å². The molecule has 0 aromatic carbocycles. The summed E-state index contributed by atoms with van der Waals surface area (Å²) in [6, 6.07) is 4.13. The van der Waals surface area contributed by atoms with Gasteiger partial charge >= 0.3 is 0 Å². The molecule has 1 atom stereocenters. The Balaban J connectivity index is 1.84. The molecule has 0 unspecified atom stereocenters. The summed E-state index contributed by atoms with van der Waals surface area (Å²) in [5, 5.41) is 12.5. The molecule has 0 saturated heterocycles. The maximum atomic E-state index is 9.01. The number of nitrogens with zero attached hydrogens (tertiary/aromatic N) is 3. The van der Waals surface area contributed by atoms with Gasteiger partial charge in [0, 0.05) is 37.2 Å². The average molecular weight is 409 g/mol. The predicted molar refractivity (Wildman–Crippen MR) is 123 cm³/mol. The molecule has 1 aromatic heterocycles. The first-order valence-electron chi connectivity index (χ1n) is 11.0. The van der Waals surface area contributed by atoms with E-state index in [0.717, 1.165) is 62.2 Å². The van der Waals surface area contributed by atoms with E-state index in [9.17, 15) is 0 Å². The lowest BCUT2D eigenvalue weighted by molar-refractivity contribution is -0.0307. The second kappa shape index (κ2) is 12.4. The quantitative estimate of drug-likeness (QED) is 0.378. The van der Waals surface area contributed by atoms with Gasteiger partial charge in [-0.25, -0.2) is 4.98 Å². The van der Waals surface area contributed by atoms with Gasteiger partial charge in [0.2, 0.25) is 0 Å². The summed E-state index contributed by atoms with van der Waals surface area (Å²) < 4.78 is 6.25. The summed E-state index contributed by atoms with van der Waals surface area (Å²) in [6.45, 7) is 12.7. The molecule has 0 spiro atoms. The number of nitriles is 1. The Bertz CT molecular complexity index is 785. The Hall–Kier alpha value is -2.29. The van der Waals surface area contributed by atoms with E-state index in [2.05, 4.69) is 34.9 Å². The van der Waals surface area contributed by atoms with Gasteiger partial charge in [-0.2, -0.15) is 5.26 Å². The highest BCUT2D eigenvalue weighted by molar-refractivity contribution is 5.71. The molecule has 1 aliphatic carbocycles. The molecule has 162 valence electrons. The number of hydrogen-bond acceptors (Lipinski definition) is 5. The zero-order valence-electron chi connectivity index (χ0n) is 18.8. The van der Waals surface area contributed by atoms with Gasteiger partial charge < -0.3 is 10.1 Å². The van der Waals surface area contributed by atoms with Crippen LogP contribution in [-0.2, 0) is 11.3 Å². The second-order valence-corrected chi connectivity index (χ2v) is 8.37. The molecule has 5 heteroatoms. The van der Waals surface area contributed by atoms with E-state index < -0.39 is 0 Å². The fourth-order valence-corrected chi connectivity index (χ4v) is 3.88. The summed E-state index contributed by atoms with van der Waals surface area (Å²) >= 11 is 0. The minimum absolute atomic E-state index is 0.0544. The SMILES string of the molecule is C=C(N=C/C=C\C)[C@H](CCNCc1cnc(C#N)c(C)c1)CCOC1(C)CCCC1. The Morgan fingerprint density at radius 3 is 2.87 bits per heavy atom. The van der Waals surface area contributed by atoms with Gasteiger partial charge in [-0.05, 0) is 70.2 Å². The molecule has 0 bridgehead atoms. The van der Waals surface area contributed by atoms with Crippen LogP contribution in [0.15, 0.2) is 41.7 Å². The Morgan fingerprint density at radius 2 is 2.20 bits per heavy atom. The van der Waals surface area contributed by atoms with Crippen molar-refractivity contribution >= 4 is 6.21 Å². The summed E-state index contributed by atoms with van der Waals surface area (Å²) in [5.41, 5.74) is 3.46. The summed E-state index contributed by atoms with van der Waals surface area (Å²) in [5.74, 6) is 0.282. The summed E-state index contributed by atoms with van der Waals surface area (Å²) in [4.78, 5) is 8.73. The molecule has 1 aliphatic rings. The number of aliphatic imine (C=N–C) groups is 1. The van der Waals surface area contributed by atoms with Crippen LogP contribution in [0.2, 0.25) is 0 Å². The van der Waals surface area contributed by atoms with Crippen LogP contribution in [0.3, 0.4) is 0 Å². The maximum absolute atomic E-state index is 9.01. The number of allylic oxidation sites excluding steroid dienone is 3. The van der Waals surface area contributed by atoms with Crippen LogP contribution in [0, 0.1) is 24.2 Å². The molecule has 1 aromatic rings. The molecule has 30 heavy (non-hydrogen) atoms. The number of aromatic nitrogens is 1. The van der Waals surface area contributed by atoms with Gasteiger partial charge in [-0.1, -0.05) is 31.6 Å². The van der Waals surface area contributed by atoms with Crippen molar-refractivity contribution in [2.75, 3.05) is 13.2 Å². The first-order valence-corrected chi connectivity index (χ1v) is 11.0. The van der Waals surface area contributed by atoms with E-state index >= 15 is 0 Å². The van der Waals surface area contributed by atoms with Crippen LogP contribution in [0.5, 0.6) is 0 Å². The van der Waals surface area contributed by atoms with E-state index in [-0.39, 0.29) is 11.5 Å². The van der Waals surface area contributed by atoms with E-state index in [4.69, 9.17) is 10.00 Å². The zero-order valence-corrected chi connectivity index (χ0v) is 18.8. The first kappa shape index (κ1) is 24.0. The van der Waals surface area contributed by atoms with Crippen molar-refractivity contribution in [3.63, 3.8) is 0 Å². The van der Waals surface area contributed by atoms with Gasteiger partial charge in [0.25, 0.3) is 0 Å². The molecular weight excluding hydrogens is 372 g/mol. The highest BCUT2D eigenvalue weighted by Crippen LogP contribution is 2.33. The van der Waals surface area contributed by atoms with Gasteiger partial charge in [0.1, 0.15) is 11.8 Å². The third kappa shape index (κ3) is 7.85. The molecular formula is C25H36N4O. The van der Waals surface area contributed by atoms with Crippen LogP contribution < -0.4 is 5.32 Å². The number of rotatable bonds is 12. The number of ether oxygens (including phenoxy) is 1. The van der Waals surface area contributed by atoms with Gasteiger partial charge in [-0.3, -0.25) is 4.99 Å². The topological polar surface area (TPSA) is 70.3 Å². The molecule has 2 rings (SSSR count). The molecule has 1 saturated carbocycles. The lowest BCUT2D eigenvalue weighted by atomic mass is 9.98. The van der Waals surface area contributed by atoms with Crippen molar-refractivity contribution in [2.24, 2.45) is 10.9 Å². The largest absolute Gasteiger partial charge is 0.375 e. The average Bonchev–Trinajstić information content (AvgIpc) is 3.16. The van der Waals surface area contributed by atoms with Crippen molar-refractivity contribution in [3.05, 3.63) is 53.5 Å².